The molecule has 1 unspecified atom stereocenters. The normalized spacial score (nSPS) is 12.4. The van der Waals surface area contributed by atoms with Crippen LogP contribution in [0.1, 0.15) is 11.1 Å². The lowest BCUT2D eigenvalue weighted by Crippen LogP contribution is -2.32. The summed E-state index contributed by atoms with van der Waals surface area (Å²) in [5.74, 6) is -0.437. The third kappa shape index (κ3) is 6.42. The Hall–Kier alpha value is -2.02. The number of hydrogen-bond donors (Lipinski definition) is 1. The Kier molecular flexibility index (Phi) is 7.31. The van der Waals surface area contributed by atoms with Gasteiger partial charge in [-0.05, 0) is 30.8 Å². The summed E-state index contributed by atoms with van der Waals surface area (Å²) in [6, 6.07) is 11.0. The van der Waals surface area contributed by atoms with E-state index in [1.165, 1.54) is 12.1 Å². The largest absolute Gasteiger partial charge is 0.497 e. The first-order valence-corrected chi connectivity index (χ1v) is 7.99. The molecule has 0 bridgehead atoms. The average molecular weight is 351 g/mol. The molecule has 0 aliphatic carbocycles. The zero-order chi connectivity index (χ0) is 18.2. The molecule has 0 amide bonds. The van der Waals surface area contributed by atoms with Crippen LogP contribution in [0.3, 0.4) is 0 Å². The first-order valence-electron chi connectivity index (χ1n) is 7.99. The van der Waals surface area contributed by atoms with Crippen molar-refractivity contribution < 1.29 is 23.4 Å². The maximum Gasteiger partial charge on any atom is 0.130 e. The van der Waals surface area contributed by atoms with Gasteiger partial charge in [0.1, 0.15) is 17.4 Å². The molecular formula is C19H23F2NO3. The van der Waals surface area contributed by atoms with Crippen LogP contribution in [0, 0.1) is 11.6 Å². The second-order valence-corrected chi connectivity index (χ2v) is 5.95. The molecule has 2 aromatic rings. The number of ether oxygens (including phenoxy) is 2. The van der Waals surface area contributed by atoms with Crippen molar-refractivity contribution in [2.24, 2.45) is 0 Å². The van der Waals surface area contributed by atoms with Crippen LogP contribution >= 0.6 is 0 Å². The standard InChI is InChI=1S/C19H23F2NO3/c1-22(10-15-6-7-16(20)9-19(15)21)11-17(23)13-25-12-14-4-3-5-18(8-14)24-2/h3-9,17,23H,10-13H2,1-2H3. The molecule has 2 rings (SSSR count). The van der Waals surface area contributed by atoms with Gasteiger partial charge in [0, 0.05) is 24.7 Å². The summed E-state index contributed by atoms with van der Waals surface area (Å²) >= 11 is 0. The molecule has 2 aromatic carbocycles. The van der Waals surface area contributed by atoms with Crippen molar-refractivity contribution in [3.05, 3.63) is 65.2 Å². The molecule has 0 aliphatic heterocycles. The number of hydrogen-bond acceptors (Lipinski definition) is 4. The van der Waals surface area contributed by atoms with E-state index in [4.69, 9.17) is 9.47 Å². The molecule has 136 valence electrons. The fraction of sp³-hybridized carbons (Fsp3) is 0.368. The Morgan fingerprint density at radius 3 is 2.68 bits per heavy atom. The number of halogens is 2. The SMILES string of the molecule is COc1cccc(COCC(O)CN(C)Cc2ccc(F)cc2F)c1. The van der Waals surface area contributed by atoms with E-state index >= 15 is 0 Å². The van der Waals surface area contributed by atoms with Gasteiger partial charge in [-0.25, -0.2) is 8.78 Å². The van der Waals surface area contributed by atoms with Crippen LogP contribution in [0.15, 0.2) is 42.5 Å². The van der Waals surface area contributed by atoms with Gasteiger partial charge in [-0.1, -0.05) is 18.2 Å². The second-order valence-electron chi connectivity index (χ2n) is 5.95. The van der Waals surface area contributed by atoms with Crippen LogP contribution in [-0.2, 0) is 17.9 Å². The van der Waals surface area contributed by atoms with Gasteiger partial charge in [-0.3, -0.25) is 4.90 Å². The van der Waals surface area contributed by atoms with Crippen LogP contribution < -0.4 is 4.74 Å². The topological polar surface area (TPSA) is 41.9 Å². The van der Waals surface area contributed by atoms with Crippen molar-refractivity contribution in [2.75, 3.05) is 27.3 Å². The molecule has 0 radical (unpaired) electrons. The maximum atomic E-state index is 13.6. The molecule has 4 nitrogen and oxygen atoms in total. The zero-order valence-corrected chi connectivity index (χ0v) is 14.4. The summed E-state index contributed by atoms with van der Waals surface area (Å²) in [6.45, 7) is 1.12. The van der Waals surface area contributed by atoms with E-state index in [2.05, 4.69) is 0 Å². The van der Waals surface area contributed by atoms with Crippen molar-refractivity contribution in [3.63, 3.8) is 0 Å². The second kappa shape index (κ2) is 9.46. The zero-order valence-electron chi connectivity index (χ0n) is 14.4. The van der Waals surface area contributed by atoms with Gasteiger partial charge < -0.3 is 14.6 Å². The fourth-order valence-electron chi connectivity index (χ4n) is 2.49. The lowest BCUT2D eigenvalue weighted by Gasteiger charge is -2.21. The Morgan fingerprint density at radius 1 is 1.16 bits per heavy atom. The minimum atomic E-state index is -0.709. The molecule has 25 heavy (non-hydrogen) atoms. The number of aliphatic hydroxyl groups excluding tert-OH is 1. The highest BCUT2D eigenvalue weighted by molar-refractivity contribution is 5.27. The van der Waals surface area contributed by atoms with E-state index in [1.54, 1.807) is 19.1 Å². The molecule has 0 saturated heterocycles. The van der Waals surface area contributed by atoms with Gasteiger partial charge in [0.25, 0.3) is 0 Å². The van der Waals surface area contributed by atoms with E-state index in [0.29, 0.717) is 18.7 Å². The molecule has 0 heterocycles. The smallest absolute Gasteiger partial charge is 0.130 e. The number of aliphatic hydroxyl groups is 1. The minimum Gasteiger partial charge on any atom is -0.497 e. The fourth-order valence-corrected chi connectivity index (χ4v) is 2.49. The first-order chi connectivity index (χ1) is 12.0. The molecule has 6 heteroatoms. The van der Waals surface area contributed by atoms with Crippen LogP contribution in [0.5, 0.6) is 5.75 Å². The van der Waals surface area contributed by atoms with Crippen molar-refractivity contribution >= 4 is 0 Å². The Balaban J connectivity index is 1.74. The van der Waals surface area contributed by atoms with Gasteiger partial charge in [-0.2, -0.15) is 0 Å². The van der Waals surface area contributed by atoms with Crippen molar-refractivity contribution in [3.8, 4) is 5.75 Å². The predicted molar refractivity (Wildman–Crippen MR) is 91.3 cm³/mol. The molecule has 1 N–H and O–H groups in total. The Labute approximate surface area is 146 Å². The summed E-state index contributed by atoms with van der Waals surface area (Å²) in [6.07, 6.45) is -0.709. The van der Waals surface area contributed by atoms with Crippen molar-refractivity contribution in [1.82, 2.24) is 4.90 Å². The highest BCUT2D eigenvalue weighted by Gasteiger charge is 2.12. The Bertz CT molecular complexity index is 681. The van der Waals surface area contributed by atoms with E-state index in [-0.39, 0.29) is 13.2 Å². The highest BCUT2D eigenvalue weighted by atomic mass is 19.1. The lowest BCUT2D eigenvalue weighted by atomic mass is 10.2. The summed E-state index contributed by atoms with van der Waals surface area (Å²) < 4.78 is 37.2. The van der Waals surface area contributed by atoms with E-state index in [1.807, 2.05) is 24.3 Å². The lowest BCUT2D eigenvalue weighted by molar-refractivity contribution is 0.0125. The van der Waals surface area contributed by atoms with Crippen LogP contribution in [0.2, 0.25) is 0 Å². The summed E-state index contributed by atoms with van der Waals surface area (Å²) in [7, 11) is 3.36. The first kappa shape index (κ1) is 19.3. The predicted octanol–water partition coefficient (Wildman–Crippen LogP) is 2.98. The van der Waals surface area contributed by atoms with Gasteiger partial charge in [0.15, 0.2) is 0 Å². The van der Waals surface area contributed by atoms with Crippen LogP contribution in [0.25, 0.3) is 0 Å². The summed E-state index contributed by atoms with van der Waals surface area (Å²) in [4.78, 5) is 1.76. The molecule has 0 saturated carbocycles. The van der Waals surface area contributed by atoms with E-state index < -0.39 is 17.7 Å². The van der Waals surface area contributed by atoms with Crippen molar-refractivity contribution in [1.29, 1.82) is 0 Å². The van der Waals surface area contributed by atoms with E-state index in [0.717, 1.165) is 17.4 Å². The molecule has 1 atom stereocenters. The molecule has 0 spiro atoms. The quantitative estimate of drug-likeness (QED) is 0.754. The third-order valence-corrected chi connectivity index (χ3v) is 3.69. The Morgan fingerprint density at radius 2 is 1.96 bits per heavy atom. The summed E-state index contributed by atoms with van der Waals surface area (Å²) in [5, 5.41) is 10.0. The average Bonchev–Trinajstić information content (AvgIpc) is 2.57. The molecule has 0 fully saturated rings. The number of rotatable bonds is 9. The minimum absolute atomic E-state index is 0.160. The van der Waals surface area contributed by atoms with E-state index in [9.17, 15) is 13.9 Å². The number of nitrogens with zero attached hydrogens (tertiary/aromatic N) is 1. The maximum absolute atomic E-state index is 13.6. The third-order valence-electron chi connectivity index (χ3n) is 3.69. The molecule has 0 aromatic heterocycles. The molecule has 0 aliphatic rings. The monoisotopic (exact) mass is 351 g/mol. The van der Waals surface area contributed by atoms with Crippen LogP contribution in [-0.4, -0.2) is 43.4 Å². The highest BCUT2D eigenvalue weighted by Crippen LogP contribution is 2.14. The van der Waals surface area contributed by atoms with Gasteiger partial charge in [0.2, 0.25) is 0 Å². The molecular weight excluding hydrogens is 328 g/mol. The van der Waals surface area contributed by atoms with Gasteiger partial charge in [0.05, 0.1) is 26.4 Å². The number of methoxy groups -OCH3 is 1. The number of benzene rings is 2. The number of likely N-dealkylation sites (N-methyl/N-ethyl adjacent to an activating group) is 1. The summed E-state index contributed by atoms with van der Waals surface area (Å²) in [5.41, 5.74) is 1.33. The van der Waals surface area contributed by atoms with Crippen molar-refractivity contribution in [2.45, 2.75) is 19.3 Å². The van der Waals surface area contributed by atoms with Gasteiger partial charge >= 0.3 is 0 Å². The van der Waals surface area contributed by atoms with Crippen LogP contribution in [0.4, 0.5) is 8.78 Å². The van der Waals surface area contributed by atoms with Gasteiger partial charge in [-0.15, -0.1) is 0 Å².